The zero-order valence-electron chi connectivity index (χ0n) is 12.3. The molecule has 118 valence electrons. The number of rotatable bonds is 1. The normalized spacial score (nSPS) is 15.8. The molecule has 0 amide bonds. The number of benzene rings is 1. The molecule has 0 unspecified atom stereocenters. The van der Waals surface area contributed by atoms with Gasteiger partial charge in [0.2, 0.25) is 0 Å². The summed E-state index contributed by atoms with van der Waals surface area (Å²) in [6.07, 6.45) is 0. The minimum atomic E-state index is -0.748. The third-order valence-corrected chi connectivity index (χ3v) is 4.61. The van der Waals surface area contributed by atoms with Crippen molar-refractivity contribution in [2.45, 2.75) is 13.0 Å². The number of carbonyl (C=O) groups excluding carboxylic acids is 1. The van der Waals surface area contributed by atoms with Gasteiger partial charge in [0.05, 0.1) is 34.4 Å². The lowest BCUT2D eigenvalue weighted by Crippen LogP contribution is -2.34. The van der Waals surface area contributed by atoms with Crippen LogP contribution in [-0.2, 0) is 4.74 Å². The molecule has 0 aliphatic carbocycles. The Morgan fingerprint density at radius 1 is 1.61 bits per heavy atom. The van der Waals surface area contributed by atoms with E-state index in [2.05, 4.69) is 20.7 Å². The van der Waals surface area contributed by atoms with Crippen LogP contribution in [0.1, 0.15) is 28.9 Å². The maximum absolute atomic E-state index is 12.7. The molecule has 1 aromatic heterocycles. The molecule has 1 aliphatic heterocycles. The van der Waals surface area contributed by atoms with Gasteiger partial charge in [0.25, 0.3) is 5.56 Å². The van der Waals surface area contributed by atoms with E-state index in [0.717, 1.165) is 0 Å². The summed E-state index contributed by atoms with van der Waals surface area (Å²) in [6, 6.07) is 3.07. The molecule has 0 spiro atoms. The molecule has 0 saturated carbocycles. The quantitative estimate of drug-likeness (QED) is 0.601. The van der Waals surface area contributed by atoms with Crippen LogP contribution in [0.15, 0.2) is 15.3 Å². The number of pyridine rings is 1. The average Bonchev–Trinajstić information content (AvgIpc) is 2.54. The predicted octanol–water partition coefficient (Wildman–Crippen LogP) is 1.96. The van der Waals surface area contributed by atoms with Crippen LogP contribution in [0.25, 0.3) is 10.9 Å². The van der Waals surface area contributed by atoms with Crippen LogP contribution in [0.2, 0.25) is 0 Å². The molecule has 0 radical (unpaired) electrons. The predicted molar refractivity (Wildman–Crippen MR) is 86.6 cm³/mol. The van der Waals surface area contributed by atoms with Gasteiger partial charge in [0.15, 0.2) is 5.75 Å². The Kier molecular flexibility index (Phi) is 3.53. The number of halogens is 1. The number of hydrogen-bond acceptors (Lipinski definition) is 6. The Morgan fingerprint density at radius 2 is 2.30 bits per heavy atom. The van der Waals surface area contributed by atoms with Crippen LogP contribution >= 0.6 is 15.9 Å². The molecule has 1 aliphatic rings. The van der Waals surface area contributed by atoms with Gasteiger partial charge in [0, 0.05) is 5.39 Å². The van der Waals surface area contributed by atoms with E-state index in [1.807, 2.05) is 6.07 Å². The van der Waals surface area contributed by atoms with Gasteiger partial charge in [-0.3, -0.25) is 9.36 Å². The highest BCUT2D eigenvalue weighted by molar-refractivity contribution is 9.10. The maximum atomic E-state index is 12.7. The smallest absolute Gasteiger partial charge is 0.343 e. The van der Waals surface area contributed by atoms with Gasteiger partial charge in [-0.25, -0.2) is 4.79 Å². The molecule has 0 bridgehead atoms. The number of ether oxygens (including phenoxy) is 2. The summed E-state index contributed by atoms with van der Waals surface area (Å²) in [5.74, 6) is -0.376. The summed E-state index contributed by atoms with van der Waals surface area (Å²) < 4.78 is 12.2. The van der Waals surface area contributed by atoms with Crippen LogP contribution in [-0.4, -0.2) is 24.3 Å². The fourth-order valence-electron chi connectivity index (χ4n) is 2.74. The zero-order valence-corrected chi connectivity index (χ0v) is 13.9. The van der Waals surface area contributed by atoms with Gasteiger partial charge in [0.1, 0.15) is 18.2 Å². The van der Waals surface area contributed by atoms with E-state index >= 15 is 0 Å². The fourth-order valence-corrected chi connectivity index (χ4v) is 3.34. The molecule has 1 aromatic carbocycles. The first-order valence-electron chi connectivity index (χ1n) is 6.73. The van der Waals surface area contributed by atoms with Gasteiger partial charge < -0.3 is 15.2 Å². The van der Waals surface area contributed by atoms with Crippen molar-refractivity contribution in [1.29, 1.82) is 5.26 Å². The summed E-state index contributed by atoms with van der Waals surface area (Å²) in [7, 11) is 1.20. The molecule has 0 saturated heterocycles. The highest BCUT2D eigenvalue weighted by Crippen LogP contribution is 2.43. The van der Waals surface area contributed by atoms with Crippen molar-refractivity contribution in [3.05, 3.63) is 32.0 Å². The van der Waals surface area contributed by atoms with E-state index in [-0.39, 0.29) is 29.5 Å². The van der Waals surface area contributed by atoms with Crippen molar-refractivity contribution in [2.75, 3.05) is 19.5 Å². The molecule has 2 aromatic rings. The van der Waals surface area contributed by atoms with Gasteiger partial charge in [-0.1, -0.05) is 0 Å². The Morgan fingerprint density at radius 3 is 2.91 bits per heavy atom. The average molecular weight is 378 g/mol. The van der Waals surface area contributed by atoms with E-state index in [1.54, 1.807) is 6.92 Å². The molecule has 7 nitrogen and oxygen atoms in total. The number of aromatic nitrogens is 1. The molecule has 0 fully saturated rings. The van der Waals surface area contributed by atoms with Crippen LogP contribution in [0.5, 0.6) is 5.75 Å². The summed E-state index contributed by atoms with van der Waals surface area (Å²) in [6.45, 7) is 2.03. The van der Waals surface area contributed by atoms with E-state index in [1.165, 1.54) is 17.7 Å². The monoisotopic (exact) mass is 377 g/mol. The van der Waals surface area contributed by atoms with Crippen molar-refractivity contribution in [3.63, 3.8) is 0 Å². The first-order chi connectivity index (χ1) is 10.9. The standard InChI is InChI=1S/C15H12BrN3O4/c1-6-5-23-13-10(16)9(4-17)11(18)7-3-8(15(21)22-2)14(20)19(6)12(7)13/h3,6H,5,18H2,1-2H3/t6-/m0/s1. The first kappa shape index (κ1) is 15.4. The molecule has 2 N–H and O–H groups in total. The van der Waals surface area contributed by atoms with Crippen LogP contribution < -0.4 is 16.0 Å². The lowest BCUT2D eigenvalue weighted by molar-refractivity contribution is 0.0597. The van der Waals surface area contributed by atoms with Gasteiger partial charge in [-0.05, 0) is 28.9 Å². The van der Waals surface area contributed by atoms with Gasteiger partial charge in [-0.15, -0.1) is 0 Å². The molecule has 2 heterocycles. The van der Waals surface area contributed by atoms with Crippen molar-refractivity contribution >= 4 is 38.5 Å². The van der Waals surface area contributed by atoms with Crippen molar-refractivity contribution in [1.82, 2.24) is 4.57 Å². The third kappa shape index (κ3) is 2.00. The molecule has 8 heteroatoms. The topological polar surface area (TPSA) is 107 Å². The second kappa shape index (κ2) is 5.28. The van der Waals surface area contributed by atoms with Crippen molar-refractivity contribution in [3.8, 4) is 11.8 Å². The minimum Gasteiger partial charge on any atom is -0.488 e. The fraction of sp³-hybridized carbons (Fsp3) is 0.267. The number of nitrogens with zero attached hydrogens (tertiary/aromatic N) is 2. The highest BCUT2D eigenvalue weighted by atomic mass is 79.9. The summed E-state index contributed by atoms with van der Waals surface area (Å²) >= 11 is 3.31. The molecule has 23 heavy (non-hydrogen) atoms. The second-order valence-electron chi connectivity index (χ2n) is 5.19. The molecular weight excluding hydrogens is 366 g/mol. The summed E-state index contributed by atoms with van der Waals surface area (Å²) in [4.78, 5) is 24.6. The minimum absolute atomic E-state index is 0.127. The Labute approximate surface area is 139 Å². The first-order valence-corrected chi connectivity index (χ1v) is 7.53. The Balaban J connectivity index is 2.59. The number of anilines is 1. The van der Waals surface area contributed by atoms with E-state index in [4.69, 9.17) is 10.5 Å². The SMILES string of the molecule is COC(=O)c1cc2c(N)c(C#N)c(Br)c3c2n(c1=O)[C@@H](C)CO3. The number of nitriles is 1. The highest BCUT2D eigenvalue weighted by Gasteiger charge is 2.29. The zero-order chi connectivity index (χ0) is 16.9. The summed E-state index contributed by atoms with van der Waals surface area (Å²) in [5.41, 5.74) is 6.31. The number of nitrogen functional groups attached to an aromatic ring is 1. The third-order valence-electron chi connectivity index (χ3n) is 3.85. The van der Waals surface area contributed by atoms with E-state index in [9.17, 15) is 14.9 Å². The molecule has 3 rings (SSSR count). The van der Waals surface area contributed by atoms with Crippen molar-refractivity contribution in [2.24, 2.45) is 0 Å². The number of esters is 1. The second-order valence-corrected chi connectivity index (χ2v) is 5.98. The van der Waals surface area contributed by atoms with Gasteiger partial charge in [-0.2, -0.15) is 5.26 Å². The van der Waals surface area contributed by atoms with Crippen LogP contribution in [0, 0.1) is 11.3 Å². The Bertz CT molecular complexity index is 958. The molecule has 1 atom stereocenters. The lowest BCUT2D eigenvalue weighted by atomic mass is 10.0. The van der Waals surface area contributed by atoms with E-state index < -0.39 is 11.5 Å². The number of carbonyl (C=O) groups is 1. The Hall–Kier alpha value is -2.53. The number of hydrogen-bond donors (Lipinski definition) is 1. The summed E-state index contributed by atoms with van der Waals surface area (Å²) in [5, 5.41) is 9.73. The van der Waals surface area contributed by atoms with E-state index in [0.29, 0.717) is 21.1 Å². The van der Waals surface area contributed by atoms with Gasteiger partial charge >= 0.3 is 5.97 Å². The maximum Gasteiger partial charge on any atom is 0.343 e. The lowest BCUT2D eigenvalue weighted by Gasteiger charge is -2.28. The number of methoxy groups -OCH3 is 1. The van der Waals surface area contributed by atoms with Crippen LogP contribution in [0.4, 0.5) is 5.69 Å². The van der Waals surface area contributed by atoms with Crippen molar-refractivity contribution < 1.29 is 14.3 Å². The number of nitrogens with two attached hydrogens (primary N) is 1. The molecular formula is C15H12BrN3O4. The van der Waals surface area contributed by atoms with Crippen LogP contribution in [0.3, 0.4) is 0 Å². The largest absolute Gasteiger partial charge is 0.488 e.